The molecule has 1 heterocycles. The Balaban J connectivity index is 1.23. The number of hydrogen-bond acceptors (Lipinski definition) is 7. The molecule has 0 spiro atoms. The summed E-state index contributed by atoms with van der Waals surface area (Å²) in [6.45, 7) is -0.851. The molecule has 2 aliphatic rings. The van der Waals surface area contributed by atoms with E-state index in [9.17, 15) is 30.0 Å². The maximum atomic E-state index is 13.9. The van der Waals surface area contributed by atoms with E-state index >= 15 is 0 Å². The third-order valence-electron chi connectivity index (χ3n) is 9.22. The number of fused-ring (bicyclic) bond motifs is 1. The van der Waals surface area contributed by atoms with Crippen LogP contribution < -0.4 is 10.2 Å². The van der Waals surface area contributed by atoms with Crippen LogP contribution in [0.4, 0.5) is 17.1 Å². The van der Waals surface area contributed by atoms with Crippen LogP contribution in [0.15, 0.2) is 120 Å². The Morgan fingerprint density at radius 1 is 0.830 bits per heavy atom. The first-order valence-corrected chi connectivity index (χ1v) is 15.8. The van der Waals surface area contributed by atoms with Crippen LogP contribution in [0.1, 0.15) is 30.4 Å². The summed E-state index contributed by atoms with van der Waals surface area (Å²) in [5.74, 6) is -3.09. The van der Waals surface area contributed by atoms with Crippen LogP contribution in [-0.2, 0) is 9.59 Å². The quantitative estimate of drug-likeness (QED) is 0.0790. The average molecular weight is 631 g/mol. The predicted molar refractivity (Wildman–Crippen MR) is 183 cm³/mol. The molecule has 4 atom stereocenters. The number of imide groups is 1. The molecule has 1 aliphatic heterocycles. The molecule has 4 aromatic rings. The third-order valence-corrected chi connectivity index (χ3v) is 9.22. The molecule has 6 rings (SSSR count). The van der Waals surface area contributed by atoms with Gasteiger partial charge in [0.1, 0.15) is 5.75 Å². The number of nitrogens with zero attached hydrogens (tertiary/aromatic N) is 1. The van der Waals surface area contributed by atoms with Crippen molar-refractivity contribution in [1.82, 2.24) is 0 Å². The number of carbonyl (C=O) groups is 2. The van der Waals surface area contributed by atoms with Gasteiger partial charge in [-0.15, -0.1) is 0 Å². The SMILES string of the molecule is O=C1[C@@H]2[C@@H](CC(CO)=C([C@H](O)CC/C(=C/c3ccccc3O)c3ccccc3)[C@@H]2CO)C(=O)N1c1ccc(Nc2ccccc2)cc1. The van der Waals surface area contributed by atoms with Gasteiger partial charge >= 0.3 is 0 Å². The van der Waals surface area contributed by atoms with Crippen molar-refractivity contribution in [2.24, 2.45) is 17.8 Å². The van der Waals surface area contributed by atoms with Gasteiger partial charge < -0.3 is 25.7 Å². The Labute approximate surface area is 273 Å². The van der Waals surface area contributed by atoms with E-state index in [-0.39, 0.29) is 24.5 Å². The van der Waals surface area contributed by atoms with Gasteiger partial charge in [0.2, 0.25) is 11.8 Å². The Kier molecular flexibility index (Phi) is 9.63. The highest BCUT2D eigenvalue weighted by atomic mass is 16.3. The lowest BCUT2D eigenvalue weighted by atomic mass is 9.68. The third kappa shape index (κ3) is 6.62. The van der Waals surface area contributed by atoms with Gasteiger partial charge in [-0.1, -0.05) is 66.7 Å². The van der Waals surface area contributed by atoms with Crippen LogP contribution >= 0.6 is 0 Å². The van der Waals surface area contributed by atoms with Crippen molar-refractivity contribution < 1.29 is 30.0 Å². The Morgan fingerprint density at radius 3 is 2.13 bits per heavy atom. The summed E-state index contributed by atoms with van der Waals surface area (Å²) in [7, 11) is 0. The lowest BCUT2D eigenvalue weighted by Gasteiger charge is -2.36. The number of para-hydroxylation sites is 2. The number of phenols is 1. The standard InChI is InChI=1S/C39H38N2O6/c42-23-28-22-32-37(39(47)41(38(32)46)31-18-16-30(17-19-31)40-29-12-5-2-6-13-29)33(24-43)36(28)35(45)20-15-26(25-9-3-1-4-10-25)21-27-11-7-8-14-34(27)44/h1-14,16-19,21,32-33,35,37,40,42-45H,15,20,22-24H2/b26-21-/t32-,33+,35-,37-/m1/s1. The van der Waals surface area contributed by atoms with E-state index in [2.05, 4.69) is 5.32 Å². The first kappa shape index (κ1) is 31.9. The number of nitrogens with one attached hydrogen (secondary N) is 1. The van der Waals surface area contributed by atoms with Crippen molar-refractivity contribution >= 4 is 40.5 Å². The number of phenolic OH excluding ortho intramolecular Hbond substituents is 1. The molecule has 1 saturated heterocycles. The molecule has 1 aliphatic carbocycles. The first-order valence-electron chi connectivity index (χ1n) is 15.8. The average Bonchev–Trinajstić information content (AvgIpc) is 3.36. The number of aliphatic hydroxyl groups excluding tert-OH is 3. The molecule has 240 valence electrons. The van der Waals surface area contributed by atoms with Crippen LogP contribution in [-0.4, -0.2) is 51.6 Å². The van der Waals surface area contributed by atoms with E-state index in [4.69, 9.17) is 0 Å². The fourth-order valence-electron chi connectivity index (χ4n) is 6.94. The number of aliphatic hydroxyl groups is 3. The van der Waals surface area contributed by atoms with Crippen molar-refractivity contribution in [3.63, 3.8) is 0 Å². The molecular weight excluding hydrogens is 592 g/mol. The molecule has 4 aromatic carbocycles. The minimum atomic E-state index is -1.08. The molecule has 2 amide bonds. The number of carbonyl (C=O) groups excluding carboxylic acids is 2. The van der Waals surface area contributed by atoms with Gasteiger partial charge in [0, 0.05) is 22.9 Å². The lowest BCUT2D eigenvalue weighted by molar-refractivity contribution is -0.123. The maximum Gasteiger partial charge on any atom is 0.238 e. The molecule has 0 bridgehead atoms. The van der Waals surface area contributed by atoms with Gasteiger partial charge in [-0.05, 0) is 90.1 Å². The van der Waals surface area contributed by atoms with E-state index in [0.29, 0.717) is 28.8 Å². The van der Waals surface area contributed by atoms with E-state index < -0.39 is 43.0 Å². The summed E-state index contributed by atoms with van der Waals surface area (Å²) in [6.07, 6.45) is 1.58. The molecule has 0 saturated carbocycles. The first-order chi connectivity index (χ1) is 22.9. The second-order valence-corrected chi connectivity index (χ2v) is 12.0. The summed E-state index contributed by atoms with van der Waals surface area (Å²) in [5.41, 5.74) is 5.50. The zero-order valence-corrected chi connectivity index (χ0v) is 25.9. The summed E-state index contributed by atoms with van der Waals surface area (Å²) in [4.78, 5) is 28.8. The molecule has 8 heteroatoms. The van der Waals surface area contributed by atoms with Gasteiger partial charge in [-0.2, -0.15) is 0 Å². The number of rotatable bonds is 11. The van der Waals surface area contributed by atoms with Crippen LogP contribution in [0.3, 0.4) is 0 Å². The minimum absolute atomic E-state index is 0.123. The van der Waals surface area contributed by atoms with Gasteiger partial charge in [-0.25, -0.2) is 0 Å². The summed E-state index contributed by atoms with van der Waals surface area (Å²) in [6, 6.07) is 33.4. The largest absolute Gasteiger partial charge is 0.507 e. The highest BCUT2D eigenvalue weighted by Crippen LogP contribution is 2.47. The monoisotopic (exact) mass is 630 g/mol. The number of anilines is 3. The molecule has 0 aromatic heterocycles. The van der Waals surface area contributed by atoms with Crippen LogP contribution in [0.5, 0.6) is 5.75 Å². The summed E-state index contributed by atoms with van der Waals surface area (Å²) < 4.78 is 0. The van der Waals surface area contributed by atoms with Crippen molar-refractivity contribution in [2.45, 2.75) is 25.4 Å². The smallest absolute Gasteiger partial charge is 0.238 e. The van der Waals surface area contributed by atoms with Crippen molar-refractivity contribution in [3.8, 4) is 5.75 Å². The molecule has 8 nitrogen and oxygen atoms in total. The minimum Gasteiger partial charge on any atom is -0.507 e. The van der Waals surface area contributed by atoms with Gasteiger partial charge in [0.05, 0.1) is 36.8 Å². The highest BCUT2D eigenvalue weighted by Gasteiger charge is 2.55. The predicted octanol–water partition coefficient (Wildman–Crippen LogP) is 5.92. The Bertz CT molecular complexity index is 1790. The van der Waals surface area contributed by atoms with Crippen LogP contribution in [0, 0.1) is 17.8 Å². The molecular formula is C39H38N2O6. The normalized spacial score (nSPS) is 20.4. The van der Waals surface area contributed by atoms with E-state index in [1.54, 1.807) is 36.4 Å². The second kappa shape index (κ2) is 14.2. The summed E-state index contributed by atoms with van der Waals surface area (Å²) >= 11 is 0. The number of aromatic hydroxyl groups is 1. The Morgan fingerprint density at radius 2 is 1.47 bits per heavy atom. The number of amides is 2. The topological polar surface area (TPSA) is 130 Å². The van der Waals surface area contributed by atoms with Crippen LogP contribution in [0.2, 0.25) is 0 Å². The Hall–Kier alpha value is -5.02. The van der Waals surface area contributed by atoms with Crippen molar-refractivity contribution in [2.75, 3.05) is 23.4 Å². The summed E-state index contributed by atoms with van der Waals surface area (Å²) in [5, 5.41) is 46.4. The van der Waals surface area contributed by atoms with Gasteiger partial charge in [0.15, 0.2) is 0 Å². The maximum absolute atomic E-state index is 13.9. The fourth-order valence-corrected chi connectivity index (χ4v) is 6.94. The van der Waals surface area contributed by atoms with Gasteiger partial charge in [0.25, 0.3) is 0 Å². The van der Waals surface area contributed by atoms with Crippen molar-refractivity contribution in [1.29, 1.82) is 0 Å². The molecule has 47 heavy (non-hydrogen) atoms. The van der Waals surface area contributed by atoms with Crippen LogP contribution in [0.25, 0.3) is 11.6 Å². The van der Waals surface area contributed by atoms with E-state index in [0.717, 1.165) is 22.5 Å². The second-order valence-electron chi connectivity index (χ2n) is 12.0. The van der Waals surface area contributed by atoms with Crippen molar-refractivity contribution in [3.05, 3.63) is 131 Å². The number of benzene rings is 4. The number of hydrogen-bond donors (Lipinski definition) is 5. The molecule has 0 unspecified atom stereocenters. The lowest BCUT2D eigenvalue weighted by Crippen LogP contribution is -2.39. The molecule has 5 N–H and O–H groups in total. The zero-order valence-electron chi connectivity index (χ0n) is 25.9. The molecule has 0 radical (unpaired) electrons. The fraction of sp³-hybridized carbons (Fsp3) is 0.231. The van der Waals surface area contributed by atoms with E-state index in [1.165, 1.54) is 4.90 Å². The number of allylic oxidation sites excluding steroid dienone is 1. The van der Waals surface area contributed by atoms with Gasteiger partial charge in [-0.3, -0.25) is 14.5 Å². The molecule has 1 fully saturated rings. The van der Waals surface area contributed by atoms with E-state index in [1.807, 2.05) is 78.9 Å². The zero-order chi connectivity index (χ0) is 32.9. The highest BCUT2D eigenvalue weighted by molar-refractivity contribution is 6.22.